The highest BCUT2D eigenvalue weighted by atomic mass is 35.5. The molecule has 5 heteroatoms. The lowest BCUT2D eigenvalue weighted by molar-refractivity contribution is 0.0286. The van der Waals surface area contributed by atoms with Crippen molar-refractivity contribution in [3.63, 3.8) is 0 Å². The molecule has 1 rings (SSSR count). The molecule has 1 aliphatic heterocycles. The van der Waals surface area contributed by atoms with Gasteiger partial charge in [-0.2, -0.15) is 0 Å². The lowest BCUT2D eigenvalue weighted by Crippen LogP contribution is -2.36. The van der Waals surface area contributed by atoms with Crippen LogP contribution in [0.2, 0.25) is 0 Å². The molecule has 0 spiro atoms. The largest absolute Gasteiger partial charge is 0.444 e. The Kier molecular flexibility index (Phi) is 5.56. The molecular formula is C11H23ClN2O2. The third-order valence-electron chi connectivity index (χ3n) is 2.67. The van der Waals surface area contributed by atoms with Crippen molar-refractivity contribution in [2.45, 2.75) is 45.8 Å². The number of halogens is 1. The second-order valence-corrected chi connectivity index (χ2v) is 5.22. The Morgan fingerprint density at radius 2 is 2.00 bits per heavy atom. The van der Waals surface area contributed by atoms with Crippen LogP contribution in [0.25, 0.3) is 0 Å². The van der Waals surface area contributed by atoms with Gasteiger partial charge in [-0.3, -0.25) is 0 Å². The first-order valence-corrected chi connectivity index (χ1v) is 5.57. The van der Waals surface area contributed by atoms with Crippen molar-refractivity contribution in [1.29, 1.82) is 0 Å². The fourth-order valence-corrected chi connectivity index (χ4v) is 1.80. The summed E-state index contributed by atoms with van der Waals surface area (Å²) >= 11 is 0. The average molecular weight is 251 g/mol. The quantitative estimate of drug-likeness (QED) is 0.775. The Balaban J connectivity index is 0.00000225. The SMILES string of the molecule is CCC1CN(C(=O)OC(C)(C)C)CC1N.Cl. The Bertz CT molecular complexity index is 241. The molecule has 1 fully saturated rings. The molecule has 1 amide bonds. The van der Waals surface area contributed by atoms with Gasteiger partial charge in [-0.25, -0.2) is 4.79 Å². The summed E-state index contributed by atoms with van der Waals surface area (Å²) in [4.78, 5) is 13.4. The highest BCUT2D eigenvalue weighted by molar-refractivity contribution is 5.85. The molecule has 1 heterocycles. The third-order valence-corrected chi connectivity index (χ3v) is 2.67. The van der Waals surface area contributed by atoms with Crippen molar-refractivity contribution < 1.29 is 9.53 Å². The van der Waals surface area contributed by atoms with Crippen LogP contribution < -0.4 is 5.73 Å². The van der Waals surface area contributed by atoms with Crippen molar-refractivity contribution in [2.24, 2.45) is 11.7 Å². The topological polar surface area (TPSA) is 55.6 Å². The second kappa shape index (κ2) is 5.73. The molecule has 0 aromatic heterocycles. The molecule has 2 atom stereocenters. The molecular weight excluding hydrogens is 228 g/mol. The maximum absolute atomic E-state index is 11.7. The Hall–Kier alpha value is -0.480. The highest BCUT2D eigenvalue weighted by Gasteiger charge is 2.33. The molecule has 2 unspecified atom stereocenters. The number of nitrogens with zero attached hydrogens (tertiary/aromatic N) is 1. The summed E-state index contributed by atoms with van der Waals surface area (Å²) < 4.78 is 5.29. The fraction of sp³-hybridized carbons (Fsp3) is 0.909. The van der Waals surface area contributed by atoms with Crippen LogP contribution in [0, 0.1) is 5.92 Å². The van der Waals surface area contributed by atoms with Crippen LogP contribution in [-0.4, -0.2) is 35.7 Å². The first-order valence-electron chi connectivity index (χ1n) is 5.57. The molecule has 0 aromatic rings. The zero-order valence-electron chi connectivity index (χ0n) is 10.5. The van der Waals surface area contributed by atoms with Gasteiger partial charge in [0.15, 0.2) is 0 Å². The molecule has 4 nitrogen and oxygen atoms in total. The summed E-state index contributed by atoms with van der Waals surface area (Å²) in [5.41, 5.74) is 5.51. The van der Waals surface area contributed by atoms with Crippen LogP contribution in [0.1, 0.15) is 34.1 Å². The minimum absolute atomic E-state index is 0. The maximum atomic E-state index is 11.7. The first-order chi connectivity index (χ1) is 6.83. The van der Waals surface area contributed by atoms with Gasteiger partial charge >= 0.3 is 6.09 Å². The Morgan fingerprint density at radius 1 is 1.44 bits per heavy atom. The monoisotopic (exact) mass is 250 g/mol. The Morgan fingerprint density at radius 3 is 2.38 bits per heavy atom. The van der Waals surface area contributed by atoms with Gasteiger partial charge in [0.1, 0.15) is 5.60 Å². The number of carbonyl (C=O) groups excluding carboxylic acids is 1. The van der Waals surface area contributed by atoms with Crippen molar-refractivity contribution >= 4 is 18.5 Å². The molecule has 0 radical (unpaired) electrons. The first kappa shape index (κ1) is 15.5. The minimum atomic E-state index is -0.425. The predicted molar refractivity (Wildman–Crippen MR) is 66.8 cm³/mol. The number of amides is 1. The number of hydrogen-bond acceptors (Lipinski definition) is 3. The molecule has 96 valence electrons. The molecule has 0 bridgehead atoms. The number of likely N-dealkylation sites (tertiary alicyclic amines) is 1. The third kappa shape index (κ3) is 4.18. The van der Waals surface area contributed by atoms with Gasteiger partial charge in [-0.1, -0.05) is 13.3 Å². The summed E-state index contributed by atoms with van der Waals surface area (Å²) in [5, 5.41) is 0. The van der Waals surface area contributed by atoms with Gasteiger partial charge in [0.25, 0.3) is 0 Å². The van der Waals surface area contributed by atoms with Gasteiger partial charge in [-0.15, -0.1) is 12.4 Å². The van der Waals surface area contributed by atoms with Crippen LogP contribution in [0.15, 0.2) is 0 Å². The zero-order chi connectivity index (χ0) is 11.6. The van der Waals surface area contributed by atoms with E-state index in [9.17, 15) is 4.79 Å². The van der Waals surface area contributed by atoms with Gasteiger partial charge in [0.05, 0.1) is 0 Å². The van der Waals surface area contributed by atoms with E-state index in [0.29, 0.717) is 12.5 Å². The normalized spacial score (nSPS) is 25.2. The number of ether oxygens (including phenoxy) is 1. The standard InChI is InChI=1S/C11H22N2O2.ClH/c1-5-8-6-13(7-9(8)12)10(14)15-11(2,3)4;/h8-9H,5-7,12H2,1-4H3;1H. The fourth-order valence-electron chi connectivity index (χ4n) is 1.80. The number of carbonyl (C=O) groups is 1. The molecule has 0 aliphatic carbocycles. The molecule has 0 saturated carbocycles. The van der Waals surface area contributed by atoms with E-state index in [4.69, 9.17) is 10.5 Å². The predicted octanol–water partition coefficient (Wildman–Crippen LogP) is 2.01. The summed E-state index contributed by atoms with van der Waals surface area (Å²) in [5.74, 6) is 0.414. The highest BCUT2D eigenvalue weighted by Crippen LogP contribution is 2.20. The van der Waals surface area contributed by atoms with E-state index in [1.54, 1.807) is 4.90 Å². The van der Waals surface area contributed by atoms with Gasteiger partial charge in [0.2, 0.25) is 0 Å². The smallest absolute Gasteiger partial charge is 0.410 e. The van der Waals surface area contributed by atoms with E-state index >= 15 is 0 Å². The van der Waals surface area contributed by atoms with Crippen LogP contribution in [0.3, 0.4) is 0 Å². The van der Waals surface area contributed by atoms with Crippen molar-refractivity contribution in [1.82, 2.24) is 4.90 Å². The van der Waals surface area contributed by atoms with Crippen molar-refractivity contribution in [2.75, 3.05) is 13.1 Å². The van der Waals surface area contributed by atoms with Crippen molar-refractivity contribution in [3.8, 4) is 0 Å². The van der Waals surface area contributed by atoms with E-state index in [-0.39, 0.29) is 24.5 Å². The number of nitrogens with two attached hydrogens (primary N) is 1. The van der Waals surface area contributed by atoms with Gasteiger partial charge in [0, 0.05) is 19.1 Å². The maximum Gasteiger partial charge on any atom is 0.410 e. The van der Waals surface area contributed by atoms with Crippen LogP contribution >= 0.6 is 12.4 Å². The zero-order valence-corrected chi connectivity index (χ0v) is 11.3. The molecule has 2 N–H and O–H groups in total. The van der Waals surface area contributed by atoms with Crippen molar-refractivity contribution in [3.05, 3.63) is 0 Å². The lowest BCUT2D eigenvalue weighted by Gasteiger charge is -2.24. The van der Waals surface area contributed by atoms with Crippen LogP contribution in [0.4, 0.5) is 4.79 Å². The lowest BCUT2D eigenvalue weighted by atomic mass is 10.0. The van der Waals surface area contributed by atoms with E-state index in [2.05, 4.69) is 6.92 Å². The van der Waals surface area contributed by atoms with E-state index in [1.807, 2.05) is 20.8 Å². The summed E-state index contributed by atoms with van der Waals surface area (Å²) in [7, 11) is 0. The average Bonchev–Trinajstić information content (AvgIpc) is 2.43. The number of rotatable bonds is 1. The van der Waals surface area contributed by atoms with Crippen LogP contribution in [0.5, 0.6) is 0 Å². The van der Waals surface area contributed by atoms with Gasteiger partial charge in [-0.05, 0) is 26.7 Å². The minimum Gasteiger partial charge on any atom is -0.444 e. The van der Waals surface area contributed by atoms with Crippen LogP contribution in [-0.2, 0) is 4.74 Å². The molecule has 0 aromatic carbocycles. The second-order valence-electron chi connectivity index (χ2n) is 5.22. The Labute approximate surface area is 104 Å². The van der Waals surface area contributed by atoms with E-state index in [0.717, 1.165) is 13.0 Å². The van der Waals surface area contributed by atoms with E-state index in [1.165, 1.54) is 0 Å². The van der Waals surface area contributed by atoms with Gasteiger partial charge < -0.3 is 15.4 Å². The summed E-state index contributed by atoms with van der Waals surface area (Å²) in [6, 6.07) is 0.0996. The summed E-state index contributed by atoms with van der Waals surface area (Å²) in [6.07, 6.45) is 0.773. The molecule has 1 saturated heterocycles. The summed E-state index contributed by atoms with van der Waals surface area (Å²) in [6.45, 7) is 9.07. The van der Waals surface area contributed by atoms with E-state index < -0.39 is 5.60 Å². The number of hydrogen-bond donors (Lipinski definition) is 1. The molecule has 1 aliphatic rings. The molecule has 16 heavy (non-hydrogen) atoms.